The highest BCUT2D eigenvalue weighted by Gasteiger charge is 2.19. The summed E-state index contributed by atoms with van der Waals surface area (Å²) < 4.78 is 9.19. The Labute approximate surface area is 393 Å². The first-order chi connectivity index (χ1) is 33.2. The predicted octanol–water partition coefficient (Wildman–Crippen LogP) is 18.7. The van der Waals surface area contributed by atoms with Gasteiger partial charge in [0.25, 0.3) is 0 Å². The van der Waals surface area contributed by atoms with Gasteiger partial charge in [-0.15, -0.1) is 11.3 Å². The van der Waals surface area contributed by atoms with E-state index in [1.165, 1.54) is 58.9 Å². The van der Waals surface area contributed by atoms with Crippen molar-refractivity contribution < 1.29 is 4.42 Å². The first-order valence-corrected chi connectivity index (χ1v) is 23.5. The molecule has 0 spiro atoms. The molecule has 0 aliphatic rings. The molecule has 0 saturated heterocycles. The maximum Gasteiger partial charge on any atom is 0.136 e. The minimum Gasteiger partial charge on any atom is -0.456 e. The van der Waals surface area contributed by atoms with Gasteiger partial charge in [-0.25, -0.2) is 0 Å². The number of nitrogens with zero attached hydrogens (tertiary/aromatic N) is 1. The molecule has 0 bridgehead atoms. The molecule has 10 aromatic carbocycles. The lowest BCUT2D eigenvalue weighted by Gasteiger charge is -2.24. The monoisotopic (exact) mass is 873 g/mol. The zero-order valence-electron chi connectivity index (χ0n) is 36.6. The van der Waals surface area contributed by atoms with Gasteiger partial charge in [0.15, 0.2) is 0 Å². The average molecular weight is 874 g/mol. The number of fused-ring (bicyclic) bond motifs is 7. The topological polar surface area (TPSA) is 16.4 Å². The molecule has 0 saturated carbocycles. The molecular weight excluding hydrogens is 831 g/mol. The summed E-state index contributed by atoms with van der Waals surface area (Å²) >= 11 is 1.86. The standard InChI is InChI=1S/C64H43NOS/c1-2-43(49-35-38-51(44-18-5-3-6-19-44)57(40-49)45-20-7-4-8-21-45)24-17-39-65(50-36-33-46(34-37-50)52-27-15-29-56-54-26-12-14-32-62(54)67-64(52)56)59-30-13-11-25-53(59)55-28-16-31-60-63(55)58-41-47-22-9-10-23-48(47)42-61(58)66-60/h2-42H,1H2/b39-17+,43-24+. The van der Waals surface area contributed by atoms with Crippen LogP contribution in [0.3, 0.4) is 0 Å². The summed E-state index contributed by atoms with van der Waals surface area (Å²) in [7, 11) is 0. The quantitative estimate of drug-likeness (QED) is 0.127. The molecule has 0 unspecified atom stereocenters. The summed E-state index contributed by atoms with van der Waals surface area (Å²) in [5, 5.41) is 7.16. The average Bonchev–Trinajstić information content (AvgIpc) is 3.97. The van der Waals surface area contributed by atoms with Gasteiger partial charge in [0.2, 0.25) is 0 Å². The number of hydrogen-bond acceptors (Lipinski definition) is 3. The third kappa shape index (κ3) is 7.32. The second-order valence-electron chi connectivity index (χ2n) is 16.9. The zero-order valence-corrected chi connectivity index (χ0v) is 37.5. The van der Waals surface area contributed by atoms with Gasteiger partial charge in [0, 0.05) is 48.4 Å². The normalized spacial score (nSPS) is 12.0. The highest BCUT2D eigenvalue weighted by Crippen LogP contribution is 2.45. The molecule has 12 rings (SSSR count). The van der Waals surface area contributed by atoms with Crippen LogP contribution in [0.25, 0.3) is 103 Å². The van der Waals surface area contributed by atoms with Crippen molar-refractivity contribution in [2.45, 2.75) is 0 Å². The van der Waals surface area contributed by atoms with Crippen LogP contribution >= 0.6 is 11.3 Å². The van der Waals surface area contributed by atoms with Crippen LogP contribution in [-0.4, -0.2) is 0 Å². The first kappa shape index (κ1) is 40.0. The Hall–Kier alpha value is -8.50. The van der Waals surface area contributed by atoms with E-state index in [4.69, 9.17) is 4.42 Å². The van der Waals surface area contributed by atoms with E-state index in [0.29, 0.717) is 0 Å². The second-order valence-corrected chi connectivity index (χ2v) is 17.9. The fraction of sp³-hybridized carbons (Fsp3) is 0. The Balaban J connectivity index is 0.992. The SMILES string of the molecule is C=C/C(=C\C=C\N(c1ccc(-c2cccc3c2sc2ccccc23)cc1)c1ccccc1-c1cccc2oc3cc4ccccc4cc3c12)c1ccc(-c2ccccc2)c(-c2ccccc2)c1. The number of thiophene rings is 1. The van der Waals surface area contributed by atoms with Crippen molar-refractivity contribution in [2.24, 2.45) is 0 Å². The van der Waals surface area contributed by atoms with E-state index >= 15 is 0 Å². The van der Waals surface area contributed by atoms with E-state index in [9.17, 15) is 0 Å². The molecule has 0 aliphatic carbocycles. The summed E-state index contributed by atoms with van der Waals surface area (Å²) in [5.74, 6) is 0. The molecule has 2 nitrogen and oxygen atoms in total. The van der Waals surface area contributed by atoms with Crippen LogP contribution in [0.15, 0.2) is 260 Å². The Bertz CT molecular complexity index is 3870. The lowest BCUT2D eigenvalue weighted by atomic mass is 9.91. The Morgan fingerprint density at radius 1 is 0.463 bits per heavy atom. The Morgan fingerprint density at radius 2 is 1.10 bits per heavy atom. The van der Waals surface area contributed by atoms with Gasteiger partial charge >= 0.3 is 0 Å². The fourth-order valence-electron chi connectivity index (χ4n) is 9.69. The molecule has 3 heteroatoms. The molecule has 0 radical (unpaired) electrons. The van der Waals surface area contributed by atoms with Gasteiger partial charge in [-0.3, -0.25) is 0 Å². The molecule has 0 N–H and O–H groups in total. The van der Waals surface area contributed by atoms with Gasteiger partial charge in [-0.05, 0) is 115 Å². The predicted molar refractivity (Wildman–Crippen MR) is 288 cm³/mol. The van der Waals surface area contributed by atoms with Crippen molar-refractivity contribution >= 4 is 81.2 Å². The van der Waals surface area contributed by atoms with Crippen molar-refractivity contribution in [1.82, 2.24) is 0 Å². The maximum atomic E-state index is 6.58. The van der Waals surface area contributed by atoms with E-state index in [0.717, 1.165) is 61.0 Å². The van der Waals surface area contributed by atoms with Crippen molar-refractivity contribution in [1.29, 1.82) is 0 Å². The molecule has 316 valence electrons. The van der Waals surface area contributed by atoms with Crippen LogP contribution in [0.2, 0.25) is 0 Å². The molecule has 67 heavy (non-hydrogen) atoms. The molecule has 0 amide bonds. The van der Waals surface area contributed by atoms with Crippen molar-refractivity contribution in [3.05, 3.63) is 261 Å². The van der Waals surface area contributed by atoms with Gasteiger partial charge in [-0.2, -0.15) is 0 Å². The number of anilines is 2. The molecule has 2 aromatic heterocycles. The number of rotatable bonds is 10. The number of para-hydroxylation sites is 1. The molecule has 0 atom stereocenters. The smallest absolute Gasteiger partial charge is 0.136 e. The molecule has 12 aromatic rings. The van der Waals surface area contributed by atoms with E-state index in [1.54, 1.807) is 0 Å². The first-order valence-electron chi connectivity index (χ1n) is 22.7. The molecule has 0 fully saturated rings. The van der Waals surface area contributed by atoms with E-state index in [2.05, 4.69) is 254 Å². The fourth-order valence-corrected chi connectivity index (χ4v) is 10.9. The molecule has 2 heterocycles. The van der Waals surface area contributed by atoms with E-state index in [1.807, 2.05) is 17.4 Å². The number of furan rings is 1. The van der Waals surface area contributed by atoms with Crippen molar-refractivity contribution in [3.63, 3.8) is 0 Å². The zero-order chi connectivity index (χ0) is 44.7. The Morgan fingerprint density at radius 3 is 1.91 bits per heavy atom. The summed E-state index contributed by atoms with van der Waals surface area (Å²) in [6.45, 7) is 4.31. The van der Waals surface area contributed by atoms with E-state index < -0.39 is 0 Å². The molecular formula is C64H43NOS. The minimum absolute atomic E-state index is 0.867. The third-order valence-electron chi connectivity index (χ3n) is 12.9. The maximum absolute atomic E-state index is 6.58. The molecule has 0 aliphatic heterocycles. The van der Waals surface area contributed by atoms with Crippen LogP contribution in [0, 0.1) is 0 Å². The van der Waals surface area contributed by atoms with Crippen LogP contribution in [0.1, 0.15) is 5.56 Å². The number of allylic oxidation sites excluding steroid dienone is 4. The van der Waals surface area contributed by atoms with Crippen molar-refractivity contribution in [3.8, 4) is 44.5 Å². The number of benzene rings is 10. The number of hydrogen-bond donors (Lipinski definition) is 0. The van der Waals surface area contributed by atoms with Crippen LogP contribution < -0.4 is 4.90 Å². The van der Waals surface area contributed by atoms with Crippen LogP contribution in [-0.2, 0) is 0 Å². The second kappa shape index (κ2) is 17.1. The van der Waals surface area contributed by atoms with Crippen LogP contribution in [0.5, 0.6) is 0 Å². The highest BCUT2D eigenvalue weighted by molar-refractivity contribution is 7.26. The van der Waals surface area contributed by atoms with Gasteiger partial charge < -0.3 is 9.32 Å². The highest BCUT2D eigenvalue weighted by atomic mass is 32.1. The Kier molecular flexibility index (Phi) is 10.2. The summed E-state index contributed by atoms with van der Waals surface area (Å²) in [6, 6.07) is 80.4. The summed E-state index contributed by atoms with van der Waals surface area (Å²) in [5.41, 5.74) is 15.3. The third-order valence-corrected chi connectivity index (χ3v) is 14.2. The largest absolute Gasteiger partial charge is 0.456 e. The lowest BCUT2D eigenvalue weighted by Crippen LogP contribution is -2.09. The van der Waals surface area contributed by atoms with Gasteiger partial charge in [0.05, 0.1) is 5.69 Å². The lowest BCUT2D eigenvalue weighted by molar-refractivity contribution is 0.669. The van der Waals surface area contributed by atoms with Gasteiger partial charge in [-0.1, -0.05) is 195 Å². The van der Waals surface area contributed by atoms with Crippen molar-refractivity contribution in [2.75, 3.05) is 4.90 Å². The van der Waals surface area contributed by atoms with Crippen LogP contribution in [0.4, 0.5) is 11.4 Å². The summed E-state index contributed by atoms with van der Waals surface area (Å²) in [4.78, 5) is 2.31. The minimum atomic E-state index is 0.867. The summed E-state index contributed by atoms with van der Waals surface area (Å²) in [6.07, 6.45) is 8.45. The van der Waals surface area contributed by atoms with Gasteiger partial charge in [0.1, 0.15) is 11.2 Å². The van der Waals surface area contributed by atoms with E-state index in [-0.39, 0.29) is 0 Å².